The molecule has 2 N–H and O–H groups in total. The Morgan fingerprint density at radius 3 is 2.95 bits per heavy atom. The third-order valence-corrected chi connectivity index (χ3v) is 4.32. The van der Waals surface area contributed by atoms with Crippen LogP contribution >= 0.6 is 0 Å². The summed E-state index contributed by atoms with van der Waals surface area (Å²) < 4.78 is 5.33. The van der Waals surface area contributed by atoms with Gasteiger partial charge in [-0.3, -0.25) is 0 Å². The summed E-state index contributed by atoms with van der Waals surface area (Å²) in [6, 6.07) is 6.85. The number of aryl methyl sites for hydroxylation is 1. The quantitative estimate of drug-likeness (QED) is 0.767. The van der Waals surface area contributed by atoms with Gasteiger partial charge < -0.3 is 15.2 Å². The zero-order valence-corrected chi connectivity index (χ0v) is 12.7. The Labute approximate surface area is 122 Å². The van der Waals surface area contributed by atoms with E-state index in [9.17, 15) is 0 Å². The number of aliphatic hydroxyl groups is 1. The zero-order valence-electron chi connectivity index (χ0n) is 12.7. The highest BCUT2D eigenvalue weighted by Gasteiger charge is 2.23. The van der Waals surface area contributed by atoms with E-state index in [1.807, 2.05) is 6.07 Å². The van der Waals surface area contributed by atoms with Crippen molar-refractivity contribution in [3.8, 4) is 5.75 Å². The fourth-order valence-electron chi connectivity index (χ4n) is 3.17. The zero-order chi connectivity index (χ0) is 14.4. The van der Waals surface area contributed by atoms with Crippen LogP contribution in [0, 0.1) is 5.92 Å². The van der Waals surface area contributed by atoms with Crippen molar-refractivity contribution in [3.05, 3.63) is 29.3 Å². The van der Waals surface area contributed by atoms with Crippen LogP contribution in [-0.4, -0.2) is 25.4 Å². The van der Waals surface area contributed by atoms with Gasteiger partial charge in [0.1, 0.15) is 5.75 Å². The minimum Gasteiger partial charge on any atom is -0.497 e. The molecule has 3 nitrogen and oxygen atoms in total. The van der Waals surface area contributed by atoms with Gasteiger partial charge in [0.15, 0.2) is 0 Å². The van der Waals surface area contributed by atoms with Crippen molar-refractivity contribution >= 4 is 0 Å². The van der Waals surface area contributed by atoms with Gasteiger partial charge in [-0.1, -0.05) is 19.4 Å². The van der Waals surface area contributed by atoms with Crippen LogP contribution in [0.1, 0.15) is 49.8 Å². The van der Waals surface area contributed by atoms with E-state index in [4.69, 9.17) is 9.84 Å². The lowest BCUT2D eigenvalue weighted by molar-refractivity contribution is 0.245. The lowest BCUT2D eigenvalue weighted by Gasteiger charge is -2.20. The number of benzene rings is 1. The molecule has 0 aromatic heterocycles. The van der Waals surface area contributed by atoms with Gasteiger partial charge >= 0.3 is 0 Å². The molecule has 0 bridgehead atoms. The second-order valence-electron chi connectivity index (χ2n) is 5.73. The van der Waals surface area contributed by atoms with Crippen LogP contribution in [0.5, 0.6) is 5.75 Å². The van der Waals surface area contributed by atoms with Crippen LogP contribution in [0.2, 0.25) is 0 Å². The van der Waals surface area contributed by atoms with Crippen LogP contribution in [-0.2, 0) is 6.42 Å². The van der Waals surface area contributed by atoms with Gasteiger partial charge in [0.05, 0.1) is 7.11 Å². The van der Waals surface area contributed by atoms with E-state index >= 15 is 0 Å². The number of ether oxygens (including phenoxy) is 1. The first-order valence-corrected chi connectivity index (χ1v) is 7.79. The highest BCUT2D eigenvalue weighted by atomic mass is 16.5. The Morgan fingerprint density at radius 1 is 1.40 bits per heavy atom. The van der Waals surface area contributed by atoms with Gasteiger partial charge in [0.2, 0.25) is 0 Å². The second-order valence-corrected chi connectivity index (χ2v) is 5.73. The summed E-state index contributed by atoms with van der Waals surface area (Å²) in [4.78, 5) is 0. The normalized spacial score (nSPS) is 18.9. The summed E-state index contributed by atoms with van der Waals surface area (Å²) in [6.07, 6.45) is 5.58. The maximum absolute atomic E-state index is 9.14. The Hall–Kier alpha value is -1.06. The van der Waals surface area contributed by atoms with Gasteiger partial charge in [-0.15, -0.1) is 0 Å². The molecule has 0 aliphatic heterocycles. The third kappa shape index (κ3) is 3.74. The molecule has 0 spiro atoms. The number of methoxy groups -OCH3 is 1. The highest BCUT2D eigenvalue weighted by molar-refractivity contribution is 5.40. The number of nitrogens with one attached hydrogen (secondary N) is 1. The topological polar surface area (TPSA) is 41.5 Å². The molecular formula is C17H27NO2. The molecule has 3 heteroatoms. The van der Waals surface area contributed by atoms with E-state index in [2.05, 4.69) is 24.4 Å². The monoisotopic (exact) mass is 277 g/mol. The van der Waals surface area contributed by atoms with Gasteiger partial charge in [-0.05, 0) is 61.4 Å². The van der Waals surface area contributed by atoms with Crippen LogP contribution in [0.4, 0.5) is 0 Å². The van der Waals surface area contributed by atoms with E-state index in [1.165, 1.54) is 30.4 Å². The fourth-order valence-corrected chi connectivity index (χ4v) is 3.17. The van der Waals surface area contributed by atoms with E-state index < -0.39 is 0 Å². The predicted molar refractivity (Wildman–Crippen MR) is 82.2 cm³/mol. The molecule has 1 aromatic rings. The molecule has 0 saturated heterocycles. The third-order valence-electron chi connectivity index (χ3n) is 4.32. The summed E-state index contributed by atoms with van der Waals surface area (Å²) in [5, 5.41) is 12.8. The molecule has 20 heavy (non-hydrogen) atoms. The van der Waals surface area contributed by atoms with E-state index in [0.29, 0.717) is 18.6 Å². The van der Waals surface area contributed by atoms with Crippen LogP contribution in [0.25, 0.3) is 0 Å². The SMILES string of the molecule is CCCC(CCO)CNC1CCc2ccc(OC)cc21. The lowest BCUT2D eigenvalue weighted by atomic mass is 9.99. The van der Waals surface area contributed by atoms with Crippen molar-refractivity contribution in [1.82, 2.24) is 5.32 Å². The fraction of sp³-hybridized carbons (Fsp3) is 0.647. The molecule has 2 rings (SSSR count). The van der Waals surface area contributed by atoms with Crippen LogP contribution in [0.3, 0.4) is 0 Å². The Morgan fingerprint density at radius 2 is 2.25 bits per heavy atom. The maximum atomic E-state index is 9.14. The summed E-state index contributed by atoms with van der Waals surface area (Å²) in [6.45, 7) is 3.50. The summed E-state index contributed by atoms with van der Waals surface area (Å²) in [7, 11) is 1.72. The first kappa shape index (κ1) is 15.3. The number of hydrogen-bond acceptors (Lipinski definition) is 3. The molecular weight excluding hydrogens is 250 g/mol. The molecule has 0 amide bonds. The number of hydrogen-bond donors (Lipinski definition) is 2. The summed E-state index contributed by atoms with van der Waals surface area (Å²) in [5.74, 6) is 1.53. The largest absolute Gasteiger partial charge is 0.497 e. The molecule has 0 fully saturated rings. The smallest absolute Gasteiger partial charge is 0.119 e. The maximum Gasteiger partial charge on any atom is 0.119 e. The first-order chi connectivity index (χ1) is 9.78. The van der Waals surface area contributed by atoms with Crippen molar-refractivity contribution < 1.29 is 9.84 Å². The summed E-state index contributed by atoms with van der Waals surface area (Å²) >= 11 is 0. The summed E-state index contributed by atoms with van der Waals surface area (Å²) in [5.41, 5.74) is 2.83. The standard InChI is InChI=1S/C17H27NO2/c1-3-4-13(9-10-19)12-18-17-8-6-14-5-7-15(20-2)11-16(14)17/h5,7,11,13,17-19H,3-4,6,8-10,12H2,1-2H3. The van der Waals surface area contributed by atoms with E-state index in [-0.39, 0.29) is 0 Å². The molecule has 0 radical (unpaired) electrons. The lowest BCUT2D eigenvalue weighted by Crippen LogP contribution is -2.26. The average Bonchev–Trinajstić information content (AvgIpc) is 2.87. The minimum atomic E-state index is 0.293. The van der Waals surface area contributed by atoms with Crippen LogP contribution < -0.4 is 10.1 Å². The number of fused-ring (bicyclic) bond motifs is 1. The first-order valence-electron chi connectivity index (χ1n) is 7.79. The van der Waals surface area contributed by atoms with Crippen LogP contribution in [0.15, 0.2) is 18.2 Å². The molecule has 0 saturated carbocycles. The Kier molecular flexibility index (Phi) is 5.86. The van der Waals surface area contributed by atoms with Gasteiger partial charge in [-0.2, -0.15) is 0 Å². The molecule has 112 valence electrons. The van der Waals surface area contributed by atoms with Crippen molar-refractivity contribution in [2.45, 2.75) is 45.1 Å². The number of aliphatic hydroxyl groups excluding tert-OH is 1. The molecule has 2 unspecified atom stereocenters. The second kappa shape index (κ2) is 7.65. The Balaban J connectivity index is 1.95. The van der Waals surface area contributed by atoms with Gasteiger partial charge in [0, 0.05) is 12.6 Å². The van der Waals surface area contributed by atoms with E-state index in [1.54, 1.807) is 7.11 Å². The molecule has 1 aromatic carbocycles. The predicted octanol–water partition coefficient (Wildman–Crippen LogP) is 3.07. The molecule has 2 atom stereocenters. The van der Waals surface area contributed by atoms with Crippen molar-refractivity contribution in [1.29, 1.82) is 0 Å². The van der Waals surface area contributed by atoms with Crippen molar-refractivity contribution in [2.75, 3.05) is 20.3 Å². The van der Waals surface area contributed by atoms with Crippen molar-refractivity contribution in [2.24, 2.45) is 5.92 Å². The highest BCUT2D eigenvalue weighted by Crippen LogP contribution is 2.33. The molecule has 0 heterocycles. The van der Waals surface area contributed by atoms with E-state index in [0.717, 1.165) is 25.1 Å². The Bertz CT molecular complexity index is 413. The molecule has 1 aliphatic carbocycles. The van der Waals surface area contributed by atoms with Crippen molar-refractivity contribution in [3.63, 3.8) is 0 Å². The minimum absolute atomic E-state index is 0.293. The van der Waals surface area contributed by atoms with Gasteiger partial charge in [0.25, 0.3) is 0 Å². The van der Waals surface area contributed by atoms with Gasteiger partial charge in [-0.25, -0.2) is 0 Å². The number of rotatable bonds is 8. The molecule has 1 aliphatic rings. The average molecular weight is 277 g/mol.